The van der Waals surface area contributed by atoms with Gasteiger partial charge in [0.05, 0.1) is 6.17 Å². The number of rotatable bonds is 2. The highest BCUT2D eigenvalue weighted by atomic mass is 15.3. The van der Waals surface area contributed by atoms with E-state index < -0.39 is 0 Å². The van der Waals surface area contributed by atoms with Crippen molar-refractivity contribution in [2.24, 2.45) is 5.73 Å². The topological polar surface area (TPSA) is 32.5 Å². The summed E-state index contributed by atoms with van der Waals surface area (Å²) in [6.07, 6.45) is 0.258. The zero-order valence-corrected chi connectivity index (χ0v) is 7.58. The molecule has 1 unspecified atom stereocenters. The quantitative estimate of drug-likeness (QED) is 0.609. The lowest BCUT2D eigenvalue weighted by Gasteiger charge is -2.38. The van der Waals surface area contributed by atoms with E-state index in [2.05, 4.69) is 23.6 Å². The largest absolute Gasteiger partial charge is 0.315 e. The average molecular weight is 157 g/mol. The van der Waals surface area contributed by atoms with E-state index in [-0.39, 0.29) is 6.17 Å². The molecule has 1 atom stereocenters. The minimum absolute atomic E-state index is 0.258. The van der Waals surface area contributed by atoms with E-state index in [1.54, 1.807) is 0 Å². The van der Waals surface area contributed by atoms with Gasteiger partial charge in [0.1, 0.15) is 0 Å². The second kappa shape index (κ2) is 4.04. The van der Waals surface area contributed by atoms with Crippen LogP contribution < -0.4 is 5.73 Å². The average Bonchev–Trinajstić information content (AvgIpc) is 2.04. The van der Waals surface area contributed by atoms with Crippen molar-refractivity contribution < 1.29 is 0 Å². The van der Waals surface area contributed by atoms with Crippen LogP contribution in [-0.2, 0) is 0 Å². The van der Waals surface area contributed by atoms with Crippen LogP contribution in [0.2, 0.25) is 0 Å². The summed E-state index contributed by atoms with van der Waals surface area (Å²) in [5.41, 5.74) is 5.94. The third-order valence-corrected chi connectivity index (χ3v) is 2.47. The van der Waals surface area contributed by atoms with E-state index >= 15 is 0 Å². The molecule has 0 saturated carbocycles. The first-order chi connectivity index (χ1) is 5.27. The van der Waals surface area contributed by atoms with E-state index in [1.165, 1.54) is 6.54 Å². The van der Waals surface area contributed by atoms with Crippen molar-refractivity contribution >= 4 is 0 Å². The van der Waals surface area contributed by atoms with Crippen LogP contribution in [0.5, 0.6) is 0 Å². The van der Waals surface area contributed by atoms with Gasteiger partial charge in [0.25, 0.3) is 0 Å². The van der Waals surface area contributed by atoms with E-state index in [9.17, 15) is 0 Å². The maximum absolute atomic E-state index is 5.94. The molecule has 1 saturated heterocycles. The molecule has 1 aliphatic rings. The van der Waals surface area contributed by atoms with Crippen molar-refractivity contribution in [3.8, 4) is 0 Å². The lowest BCUT2D eigenvalue weighted by molar-refractivity contribution is 0.0856. The highest BCUT2D eigenvalue weighted by molar-refractivity contribution is 4.76. The summed E-state index contributed by atoms with van der Waals surface area (Å²) in [4.78, 5) is 4.73. The summed E-state index contributed by atoms with van der Waals surface area (Å²) >= 11 is 0. The van der Waals surface area contributed by atoms with E-state index in [0.717, 1.165) is 26.2 Å². The molecule has 1 rings (SSSR count). The monoisotopic (exact) mass is 157 g/mol. The van der Waals surface area contributed by atoms with Crippen LogP contribution in [0.3, 0.4) is 0 Å². The first kappa shape index (κ1) is 8.97. The zero-order valence-electron chi connectivity index (χ0n) is 7.58. The van der Waals surface area contributed by atoms with Crippen molar-refractivity contribution in [2.75, 3.05) is 32.7 Å². The minimum Gasteiger partial charge on any atom is -0.315 e. The zero-order chi connectivity index (χ0) is 8.27. The van der Waals surface area contributed by atoms with Crippen molar-refractivity contribution in [3.05, 3.63) is 0 Å². The molecule has 2 N–H and O–H groups in total. The fourth-order valence-electron chi connectivity index (χ4n) is 1.59. The Kier molecular flexibility index (Phi) is 3.30. The van der Waals surface area contributed by atoms with Crippen molar-refractivity contribution in [1.29, 1.82) is 0 Å². The number of likely N-dealkylation sites (N-methyl/N-ethyl adjacent to an activating group) is 2. The Morgan fingerprint density at radius 1 is 1.27 bits per heavy atom. The van der Waals surface area contributed by atoms with Gasteiger partial charge in [-0.1, -0.05) is 13.8 Å². The van der Waals surface area contributed by atoms with Gasteiger partial charge in [0.15, 0.2) is 0 Å². The highest BCUT2D eigenvalue weighted by Crippen LogP contribution is 2.03. The van der Waals surface area contributed by atoms with Gasteiger partial charge < -0.3 is 5.73 Å². The van der Waals surface area contributed by atoms with Gasteiger partial charge in [-0.15, -0.1) is 0 Å². The van der Waals surface area contributed by atoms with Crippen LogP contribution in [0.4, 0.5) is 0 Å². The second-order valence-corrected chi connectivity index (χ2v) is 3.09. The lowest BCUT2D eigenvalue weighted by atomic mass is 10.2. The van der Waals surface area contributed by atoms with Crippen molar-refractivity contribution in [1.82, 2.24) is 9.80 Å². The Balaban J connectivity index is 2.34. The SMILES string of the molecule is CCN1CCN(CC)C(N)C1. The fraction of sp³-hybridized carbons (Fsp3) is 1.00. The van der Waals surface area contributed by atoms with Crippen LogP contribution in [-0.4, -0.2) is 48.7 Å². The fourth-order valence-corrected chi connectivity index (χ4v) is 1.59. The maximum Gasteiger partial charge on any atom is 0.0703 e. The van der Waals surface area contributed by atoms with Crippen LogP contribution in [0.15, 0.2) is 0 Å². The van der Waals surface area contributed by atoms with Crippen molar-refractivity contribution in [3.63, 3.8) is 0 Å². The van der Waals surface area contributed by atoms with Gasteiger partial charge in [0.2, 0.25) is 0 Å². The molecule has 0 aromatic carbocycles. The van der Waals surface area contributed by atoms with Crippen molar-refractivity contribution in [2.45, 2.75) is 20.0 Å². The summed E-state index contributed by atoms with van der Waals surface area (Å²) in [6.45, 7) is 9.91. The molecule has 1 aliphatic heterocycles. The van der Waals surface area contributed by atoms with E-state index in [0.29, 0.717) is 0 Å². The molecule has 0 spiro atoms. The molecule has 3 heteroatoms. The Labute approximate surface area is 69.1 Å². The molecule has 3 nitrogen and oxygen atoms in total. The van der Waals surface area contributed by atoms with Gasteiger partial charge in [-0.3, -0.25) is 9.80 Å². The second-order valence-electron chi connectivity index (χ2n) is 3.09. The standard InChI is InChI=1S/C8H19N3/c1-3-10-5-6-11(4-2)8(9)7-10/h8H,3-7,9H2,1-2H3. The molecule has 0 aromatic heterocycles. The van der Waals surface area contributed by atoms with Crippen LogP contribution >= 0.6 is 0 Å². The van der Waals surface area contributed by atoms with Gasteiger partial charge in [0, 0.05) is 19.6 Å². The first-order valence-electron chi connectivity index (χ1n) is 4.50. The predicted octanol–water partition coefficient (Wildman–Crippen LogP) is -0.0714. The van der Waals surface area contributed by atoms with Gasteiger partial charge in [-0.05, 0) is 13.1 Å². The van der Waals surface area contributed by atoms with Gasteiger partial charge >= 0.3 is 0 Å². The Morgan fingerprint density at radius 2 is 2.00 bits per heavy atom. The van der Waals surface area contributed by atoms with Crippen LogP contribution in [0.1, 0.15) is 13.8 Å². The third-order valence-electron chi connectivity index (χ3n) is 2.47. The minimum atomic E-state index is 0.258. The Morgan fingerprint density at radius 3 is 2.45 bits per heavy atom. The highest BCUT2D eigenvalue weighted by Gasteiger charge is 2.20. The molecule has 0 radical (unpaired) electrons. The molecular weight excluding hydrogens is 138 g/mol. The molecule has 0 bridgehead atoms. The lowest BCUT2D eigenvalue weighted by Crippen LogP contribution is -2.56. The number of piperazine rings is 1. The summed E-state index contributed by atoms with van der Waals surface area (Å²) in [7, 11) is 0. The molecule has 66 valence electrons. The maximum atomic E-state index is 5.94. The summed E-state index contributed by atoms with van der Waals surface area (Å²) in [5.74, 6) is 0. The molecule has 1 heterocycles. The smallest absolute Gasteiger partial charge is 0.0703 e. The predicted molar refractivity (Wildman–Crippen MR) is 47.3 cm³/mol. The van der Waals surface area contributed by atoms with Crippen LogP contribution in [0.25, 0.3) is 0 Å². The molecule has 0 amide bonds. The first-order valence-corrected chi connectivity index (χ1v) is 4.50. The van der Waals surface area contributed by atoms with Gasteiger partial charge in [-0.2, -0.15) is 0 Å². The summed E-state index contributed by atoms with van der Waals surface area (Å²) in [5, 5.41) is 0. The Hall–Kier alpha value is -0.120. The summed E-state index contributed by atoms with van der Waals surface area (Å²) < 4.78 is 0. The molecule has 0 aliphatic carbocycles. The number of hydrogen-bond acceptors (Lipinski definition) is 3. The van der Waals surface area contributed by atoms with E-state index in [1.807, 2.05) is 0 Å². The normalized spacial score (nSPS) is 29.2. The summed E-state index contributed by atoms with van der Waals surface area (Å²) in [6, 6.07) is 0. The third kappa shape index (κ3) is 2.15. The molecule has 11 heavy (non-hydrogen) atoms. The Bertz CT molecular complexity index is 116. The number of nitrogens with two attached hydrogens (primary N) is 1. The number of nitrogens with zero attached hydrogens (tertiary/aromatic N) is 2. The number of hydrogen-bond donors (Lipinski definition) is 1. The molecular formula is C8H19N3. The van der Waals surface area contributed by atoms with Gasteiger partial charge in [-0.25, -0.2) is 0 Å². The van der Waals surface area contributed by atoms with E-state index in [4.69, 9.17) is 5.73 Å². The van der Waals surface area contributed by atoms with Crippen LogP contribution in [0, 0.1) is 0 Å². The molecule has 0 aromatic rings. The molecule has 1 fully saturated rings.